The van der Waals surface area contributed by atoms with E-state index in [2.05, 4.69) is 4.98 Å². The maximum Gasteiger partial charge on any atom is 0.115 e. The zero-order valence-electron chi connectivity index (χ0n) is 6.73. The van der Waals surface area contributed by atoms with Gasteiger partial charge in [-0.3, -0.25) is 4.98 Å². The molecule has 0 spiro atoms. The Morgan fingerprint density at radius 2 is 2.17 bits per heavy atom. The van der Waals surface area contributed by atoms with Crippen LogP contribution in [0.2, 0.25) is 0 Å². The highest BCUT2D eigenvalue weighted by Gasteiger charge is 2.33. The van der Waals surface area contributed by atoms with Crippen molar-refractivity contribution in [2.75, 3.05) is 13.2 Å². The minimum absolute atomic E-state index is 0.400. The van der Waals surface area contributed by atoms with E-state index in [4.69, 9.17) is 4.74 Å². The summed E-state index contributed by atoms with van der Waals surface area (Å²) >= 11 is 0. The van der Waals surface area contributed by atoms with E-state index < -0.39 is 5.60 Å². The number of ether oxygens (including phenoxy) is 1. The van der Waals surface area contributed by atoms with E-state index in [1.165, 1.54) is 0 Å². The third-order valence-electron chi connectivity index (χ3n) is 2.22. The molecule has 1 fully saturated rings. The first-order valence-corrected chi connectivity index (χ1v) is 4.02. The highest BCUT2D eigenvalue weighted by atomic mass is 16.5. The van der Waals surface area contributed by atoms with Crippen LogP contribution in [0, 0.1) is 0 Å². The van der Waals surface area contributed by atoms with E-state index in [-0.39, 0.29) is 0 Å². The molecule has 0 radical (unpaired) electrons. The van der Waals surface area contributed by atoms with E-state index in [1.807, 2.05) is 12.1 Å². The lowest BCUT2D eigenvalue weighted by molar-refractivity contribution is 0.0231. The Hall–Kier alpha value is -0.930. The lowest BCUT2D eigenvalue weighted by Crippen LogP contribution is -2.25. The molecule has 1 unspecified atom stereocenters. The number of pyridine rings is 1. The van der Waals surface area contributed by atoms with Gasteiger partial charge in [0.25, 0.3) is 0 Å². The summed E-state index contributed by atoms with van der Waals surface area (Å²) < 4.78 is 5.14. The topological polar surface area (TPSA) is 42.4 Å². The molecule has 3 heteroatoms. The molecule has 1 aliphatic rings. The van der Waals surface area contributed by atoms with Crippen molar-refractivity contribution in [3.05, 3.63) is 30.1 Å². The van der Waals surface area contributed by atoms with E-state index in [1.54, 1.807) is 12.4 Å². The molecule has 0 aromatic carbocycles. The summed E-state index contributed by atoms with van der Waals surface area (Å²) in [5.41, 5.74) is 0.123. The molecule has 1 N–H and O–H groups in total. The third kappa shape index (κ3) is 1.21. The van der Waals surface area contributed by atoms with Crippen molar-refractivity contribution in [1.82, 2.24) is 4.98 Å². The average Bonchev–Trinajstić information content (AvgIpc) is 2.55. The van der Waals surface area contributed by atoms with E-state index in [9.17, 15) is 5.11 Å². The minimum atomic E-state index is -0.775. The average molecular weight is 165 g/mol. The van der Waals surface area contributed by atoms with Crippen LogP contribution in [0.4, 0.5) is 0 Å². The van der Waals surface area contributed by atoms with Gasteiger partial charge in [-0.1, -0.05) is 0 Å². The molecule has 0 saturated carbocycles. The fraction of sp³-hybridized carbons (Fsp3) is 0.444. The Morgan fingerprint density at radius 3 is 2.75 bits per heavy atom. The summed E-state index contributed by atoms with van der Waals surface area (Å²) in [6, 6.07) is 3.66. The second kappa shape index (κ2) is 2.84. The van der Waals surface area contributed by atoms with Crippen molar-refractivity contribution in [2.24, 2.45) is 0 Å². The molecule has 1 aromatic rings. The van der Waals surface area contributed by atoms with Gasteiger partial charge in [-0.2, -0.15) is 0 Å². The van der Waals surface area contributed by atoms with Crippen LogP contribution in [0.15, 0.2) is 24.5 Å². The van der Waals surface area contributed by atoms with Crippen molar-refractivity contribution >= 4 is 0 Å². The zero-order chi connectivity index (χ0) is 8.44. The summed E-state index contributed by atoms with van der Waals surface area (Å²) in [4.78, 5) is 3.90. The molecule has 64 valence electrons. The fourth-order valence-corrected chi connectivity index (χ4v) is 1.44. The Bertz CT molecular complexity index is 254. The van der Waals surface area contributed by atoms with E-state index in [0.29, 0.717) is 19.6 Å². The Balaban J connectivity index is 2.29. The summed E-state index contributed by atoms with van der Waals surface area (Å²) in [7, 11) is 0. The van der Waals surface area contributed by atoms with Crippen LogP contribution in [-0.2, 0) is 10.3 Å². The zero-order valence-corrected chi connectivity index (χ0v) is 6.73. The van der Waals surface area contributed by atoms with Gasteiger partial charge in [0.2, 0.25) is 0 Å². The predicted octanol–water partition coefficient (Wildman–Crippen LogP) is 0.690. The van der Waals surface area contributed by atoms with Crippen molar-refractivity contribution in [3.8, 4) is 0 Å². The van der Waals surface area contributed by atoms with E-state index in [0.717, 1.165) is 5.56 Å². The number of aromatic nitrogens is 1. The molecule has 0 amide bonds. The van der Waals surface area contributed by atoms with Gasteiger partial charge in [0, 0.05) is 25.4 Å². The Kier molecular flexibility index (Phi) is 1.83. The normalized spacial score (nSPS) is 29.1. The molecular formula is C9H11NO2. The molecule has 2 heterocycles. The first kappa shape index (κ1) is 7.71. The number of hydrogen-bond acceptors (Lipinski definition) is 3. The largest absolute Gasteiger partial charge is 0.383 e. The number of nitrogens with zero attached hydrogens (tertiary/aromatic N) is 1. The van der Waals surface area contributed by atoms with Crippen LogP contribution >= 0.6 is 0 Å². The van der Waals surface area contributed by atoms with Gasteiger partial charge >= 0.3 is 0 Å². The Labute approximate surface area is 71.0 Å². The smallest absolute Gasteiger partial charge is 0.115 e. The van der Waals surface area contributed by atoms with Crippen LogP contribution in [-0.4, -0.2) is 23.3 Å². The first-order valence-electron chi connectivity index (χ1n) is 4.02. The van der Waals surface area contributed by atoms with Crippen molar-refractivity contribution in [3.63, 3.8) is 0 Å². The number of hydrogen-bond donors (Lipinski definition) is 1. The van der Waals surface area contributed by atoms with Crippen LogP contribution < -0.4 is 0 Å². The van der Waals surface area contributed by atoms with Gasteiger partial charge in [0.05, 0.1) is 6.61 Å². The van der Waals surface area contributed by atoms with Gasteiger partial charge < -0.3 is 9.84 Å². The second-order valence-electron chi connectivity index (χ2n) is 3.07. The highest BCUT2D eigenvalue weighted by Crippen LogP contribution is 2.29. The predicted molar refractivity (Wildman–Crippen MR) is 43.6 cm³/mol. The number of aliphatic hydroxyl groups is 1. The quantitative estimate of drug-likeness (QED) is 0.665. The van der Waals surface area contributed by atoms with Crippen molar-refractivity contribution in [2.45, 2.75) is 12.0 Å². The van der Waals surface area contributed by atoms with Gasteiger partial charge in [-0.25, -0.2) is 0 Å². The molecule has 0 aliphatic carbocycles. The van der Waals surface area contributed by atoms with Gasteiger partial charge in [0.15, 0.2) is 0 Å². The molecule has 0 bridgehead atoms. The summed E-state index contributed by atoms with van der Waals surface area (Å²) in [6.45, 7) is 1.04. The molecule has 1 atom stereocenters. The number of rotatable bonds is 1. The Morgan fingerprint density at radius 1 is 1.42 bits per heavy atom. The summed E-state index contributed by atoms with van der Waals surface area (Å²) in [5, 5.41) is 10.0. The maximum absolute atomic E-state index is 10.0. The monoisotopic (exact) mass is 165 g/mol. The molecular weight excluding hydrogens is 154 g/mol. The molecule has 3 nitrogen and oxygen atoms in total. The standard InChI is InChI=1S/C9H11NO2/c11-9(3-6-12-7-9)8-1-4-10-5-2-8/h1-2,4-5,11H,3,6-7H2. The van der Waals surface area contributed by atoms with Crippen LogP contribution in [0.3, 0.4) is 0 Å². The molecule has 1 saturated heterocycles. The first-order chi connectivity index (χ1) is 5.81. The van der Waals surface area contributed by atoms with E-state index >= 15 is 0 Å². The molecule has 1 aromatic heterocycles. The van der Waals surface area contributed by atoms with Gasteiger partial charge in [-0.15, -0.1) is 0 Å². The van der Waals surface area contributed by atoms with Crippen LogP contribution in [0.5, 0.6) is 0 Å². The molecule has 2 rings (SSSR count). The van der Waals surface area contributed by atoms with Crippen LogP contribution in [0.25, 0.3) is 0 Å². The second-order valence-corrected chi connectivity index (χ2v) is 3.07. The summed E-state index contributed by atoms with van der Waals surface area (Å²) in [6.07, 6.45) is 4.05. The maximum atomic E-state index is 10.0. The van der Waals surface area contributed by atoms with Gasteiger partial charge in [0.1, 0.15) is 5.60 Å². The lowest BCUT2D eigenvalue weighted by atomic mass is 9.94. The van der Waals surface area contributed by atoms with Crippen molar-refractivity contribution in [1.29, 1.82) is 0 Å². The summed E-state index contributed by atoms with van der Waals surface area (Å²) in [5.74, 6) is 0. The molecule has 12 heavy (non-hydrogen) atoms. The minimum Gasteiger partial charge on any atom is -0.383 e. The van der Waals surface area contributed by atoms with Crippen LogP contribution in [0.1, 0.15) is 12.0 Å². The third-order valence-corrected chi connectivity index (χ3v) is 2.22. The van der Waals surface area contributed by atoms with Gasteiger partial charge in [-0.05, 0) is 17.7 Å². The lowest BCUT2D eigenvalue weighted by Gasteiger charge is -2.19. The SMILES string of the molecule is OC1(c2ccncc2)CCOC1. The van der Waals surface area contributed by atoms with Crippen molar-refractivity contribution < 1.29 is 9.84 Å². The fourth-order valence-electron chi connectivity index (χ4n) is 1.44. The molecule has 1 aliphatic heterocycles. The highest BCUT2D eigenvalue weighted by molar-refractivity contribution is 5.20.